The summed E-state index contributed by atoms with van der Waals surface area (Å²) in [4.78, 5) is 2.69. The Morgan fingerprint density at radius 2 is 1.01 bits per heavy atom. The van der Waals surface area contributed by atoms with Gasteiger partial charge in [0.25, 0.3) is 0 Å². The first-order valence-corrected chi connectivity index (χ1v) is 31.7. The molecule has 0 radical (unpaired) electrons. The molecule has 1 unspecified atom stereocenters. The zero-order chi connectivity index (χ0) is 61.5. The molecular formula is C85H83BN2. The van der Waals surface area contributed by atoms with E-state index in [0.717, 1.165) is 62.6 Å². The number of allylic oxidation sites excluding steroid dienone is 6. The Kier molecular flexibility index (Phi) is 16.0. The Balaban J connectivity index is 1.24. The van der Waals surface area contributed by atoms with Gasteiger partial charge in [0, 0.05) is 33.9 Å². The zero-order valence-electron chi connectivity index (χ0n) is 53.4. The second kappa shape index (κ2) is 23.8. The fourth-order valence-corrected chi connectivity index (χ4v) is 13.7. The zero-order valence-corrected chi connectivity index (χ0v) is 53.4. The molecule has 0 fully saturated rings. The van der Waals surface area contributed by atoms with Crippen molar-refractivity contribution in [1.82, 2.24) is 0 Å². The molecule has 0 spiro atoms. The van der Waals surface area contributed by atoms with Crippen LogP contribution >= 0.6 is 0 Å². The van der Waals surface area contributed by atoms with Crippen LogP contribution < -0.4 is 26.6 Å². The maximum absolute atomic E-state index is 4.23. The van der Waals surface area contributed by atoms with Crippen molar-refractivity contribution in [3.05, 3.63) is 318 Å². The van der Waals surface area contributed by atoms with Gasteiger partial charge in [0.05, 0.1) is 11.1 Å². The number of anilines is 4. The molecule has 12 rings (SSSR count). The predicted molar refractivity (Wildman–Crippen MR) is 381 cm³/mol. The van der Waals surface area contributed by atoms with E-state index in [2.05, 4.69) is 354 Å². The molecule has 0 saturated heterocycles. The fourth-order valence-electron chi connectivity index (χ4n) is 13.7. The Morgan fingerprint density at radius 3 is 1.53 bits per heavy atom. The van der Waals surface area contributed by atoms with Crippen LogP contribution in [0.3, 0.4) is 0 Å². The summed E-state index contributed by atoms with van der Waals surface area (Å²) in [5.41, 5.74) is 26.6. The smallest absolute Gasteiger partial charge is 0.247 e. The Bertz CT molecular complexity index is 4150. The number of para-hydroxylation sites is 1. The van der Waals surface area contributed by atoms with E-state index in [-0.39, 0.29) is 28.9 Å². The summed E-state index contributed by atoms with van der Waals surface area (Å²) >= 11 is 0. The first-order chi connectivity index (χ1) is 42.4. The molecule has 10 aromatic rings. The summed E-state index contributed by atoms with van der Waals surface area (Å²) in [6.07, 6.45) is 12.2. The lowest BCUT2D eigenvalue weighted by atomic mass is 9.29. The molecule has 10 aromatic carbocycles. The van der Waals surface area contributed by atoms with Crippen LogP contribution in [0.1, 0.15) is 116 Å². The van der Waals surface area contributed by atoms with Gasteiger partial charge in [0.15, 0.2) is 0 Å². The minimum absolute atomic E-state index is 0.0249. The Hall–Kier alpha value is -9.18. The number of hydrogen-bond donors (Lipinski definition) is 1. The highest BCUT2D eigenvalue weighted by molar-refractivity contribution is 6.99. The van der Waals surface area contributed by atoms with Crippen molar-refractivity contribution in [2.24, 2.45) is 11.3 Å². The van der Waals surface area contributed by atoms with E-state index >= 15 is 0 Å². The molecule has 0 bridgehead atoms. The van der Waals surface area contributed by atoms with Gasteiger partial charge in [-0.05, 0) is 148 Å². The number of hydrogen-bond acceptors (Lipinski definition) is 2. The Labute approximate surface area is 525 Å². The molecule has 2 heterocycles. The average Bonchev–Trinajstić information content (AvgIpc) is 0.738. The van der Waals surface area contributed by atoms with Gasteiger partial charge in [-0.15, -0.1) is 0 Å². The molecule has 0 aromatic heterocycles. The second-order valence-corrected chi connectivity index (χ2v) is 27.4. The van der Waals surface area contributed by atoms with Crippen LogP contribution in [-0.4, -0.2) is 6.71 Å². The molecule has 0 amide bonds. The summed E-state index contributed by atoms with van der Waals surface area (Å²) in [6.45, 7) is 29.4. The quantitative estimate of drug-likeness (QED) is 0.0862. The SMILES string of the molecule is C=C/C(=C\C(C)/C=C(/C=C\CC)Nc1ccc2c(c1)C(c1ccccc1)(c1ccccc1)c1cc(-c3ccccc3)cc3c1B2c1ccc(-c2cc(C(C)(C)C)cc(C(C)(C)C)c2)cc1N3c1c(-c2ccccc2)cccc1-c1ccccc1)C(C)(C)C. The number of rotatable bonds is 14. The minimum atomic E-state index is -0.799. The van der Waals surface area contributed by atoms with Gasteiger partial charge < -0.3 is 10.2 Å². The van der Waals surface area contributed by atoms with E-state index in [1.807, 2.05) is 6.08 Å². The van der Waals surface area contributed by atoms with Crippen molar-refractivity contribution in [3.8, 4) is 44.5 Å². The first-order valence-electron chi connectivity index (χ1n) is 31.7. The van der Waals surface area contributed by atoms with Gasteiger partial charge in [-0.25, -0.2) is 0 Å². The maximum atomic E-state index is 4.23. The summed E-state index contributed by atoms with van der Waals surface area (Å²) < 4.78 is 0. The van der Waals surface area contributed by atoms with E-state index in [9.17, 15) is 0 Å². The molecule has 0 saturated carbocycles. The van der Waals surface area contributed by atoms with Crippen molar-refractivity contribution in [3.63, 3.8) is 0 Å². The minimum Gasteiger partial charge on any atom is -0.356 e. The average molecular weight is 1140 g/mol. The highest BCUT2D eigenvalue weighted by atomic mass is 15.2. The van der Waals surface area contributed by atoms with Gasteiger partial charge in [-0.1, -0.05) is 319 Å². The third-order valence-corrected chi connectivity index (χ3v) is 18.2. The molecule has 1 N–H and O–H groups in total. The molecule has 0 aliphatic carbocycles. The van der Waals surface area contributed by atoms with Crippen molar-refractivity contribution in [2.75, 3.05) is 10.2 Å². The molecule has 2 aliphatic heterocycles. The van der Waals surface area contributed by atoms with Crippen molar-refractivity contribution >= 4 is 45.9 Å². The van der Waals surface area contributed by atoms with E-state index in [0.29, 0.717) is 0 Å². The second-order valence-electron chi connectivity index (χ2n) is 27.4. The van der Waals surface area contributed by atoms with Crippen LogP contribution in [0, 0.1) is 11.3 Å². The third-order valence-electron chi connectivity index (χ3n) is 18.2. The van der Waals surface area contributed by atoms with Crippen LogP contribution in [0.15, 0.2) is 285 Å². The Morgan fingerprint density at radius 1 is 0.500 bits per heavy atom. The van der Waals surface area contributed by atoms with Crippen molar-refractivity contribution < 1.29 is 0 Å². The van der Waals surface area contributed by atoms with Gasteiger partial charge in [-0.2, -0.15) is 0 Å². The van der Waals surface area contributed by atoms with E-state index in [1.54, 1.807) is 0 Å². The van der Waals surface area contributed by atoms with Gasteiger partial charge in [0.2, 0.25) is 6.71 Å². The highest BCUT2D eigenvalue weighted by Gasteiger charge is 2.52. The molecule has 88 heavy (non-hydrogen) atoms. The number of fused-ring (bicyclic) bond motifs is 4. The molecule has 3 heteroatoms. The lowest BCUT2D eigenvalue weighted by Gasteiger charge is -2.49. The molecule has 2 nitrogen and oxygen atoms in total. The van der Waals surface area contributed by atoms with E-state index in [1.165, 1.54) is 72.2 Å². The van der Waals surface area contributed by atoms with Crippen LogP contribution in [0.2, 0.25) is 0 Å². The van der Waals surface area contributed by atoms with E-state index in [4.69, 9.17) is 0 Å². The van der Waals surface area contributed by atoms with Gasteiger partial charge in [0.1, 0.15) is 0 Å². The fraction of sp³-hybridized carbons (Fsp3) is 0.200. The van der Waals surface area contributed by atoms with Crippen LogP contribution in [0.4, 0.5) is 22.7 Å². The summed E-state index contributed by atoms with van der Waals surface area (Å²) in [6, 6.07) is 89.9. The van der Waals surface area contributed by atoms with E-state index < -0.39 is 5.41 Å². The summed E-state index contributed by atoms with van der Waals surface area (Å²) in [5.74, 6) is 0.139. The maximum Gasteiger partial charge on any atom is 0.247 e. The lowest BCUT2D eigenvalue weighted by Crippen LogP contribution is -2.65. The third kappa shape index (κ3) is 11.2. The first kappa shape index (κ1) is 59.2. The predicted octanol–water partition coefficient (Wildman–Crippen LogP) is 21.0. The lowest BCUT2D eigenvalue weighted by molar-refractivity contribution is 0.513. The van der Waals surface area contributed by atoms with Gasteiger partial charge >= 0.3 is 0 Å². The normalized spacial score (nSPS) is 14.3. The van der Waals surface area contributed by atoms with Crippen LogP contribution in [0.25, 0.3) is 44.5 Å². The number of nitrogens with one attached hydrogen (secondary N) is 1. The molecule has 2 aliphatic rings. The largest absolute Gasteiger partial charge is 0.356 e. The molecule has 436 valence electrons. The van der Waals surface area contributed by atoms with Crippen molar-refractivity contribution in [1.29, 1.82) is 0 Å². The topological polar surface area (TPSA) is 15.3 Å². The summed E-state index contributed by atoms with van der Waals surface area (Å²) in [7, 11) is 0. The molecule has 1 atom stereocenters. The standard InChI is InChI=1S/C85H83BN2/c1-13-15-42-70(50-58(3)49-65(14-2)82(4,5)6)87-71-46-48-76-74(57-71)85(66-38-27-19-28-39-66,67-40-29-20-30-41-67)75-53-64(59-32-21-16-22-33-59)55-79-80(75)86(76)77-47-45-62(63-51-68(83(7,8)9)56-69(52-63)84(10,11)12)54-78(77)88(79)81-72(60-34-23-17-24-35-60)43-31-44-73(81)61-36-25-18-26-37-61/h14-58,87H,2,13H2,1,3-12H3/b42-15-,65-49+,70-50-. The van der Waals surface area contributed by atoms with Crippen LogP contribution in [-0.2, 0) is 16.2 Å². The molecular weight excluding hydrogens is 1060 g/mol. The number of nitrogens with zero attached hydrogens (tertiary/aromatic N) is 1. The van der Waals surface area contributed by atoms with Crippen LogP contribution in [0.5, 0.6) is 0 Å². The number of benzene rings is 10. The van der Waals surface area contributed by atoms with Gasteiger partial charge in [-0.3, -0.25) is 0 Å². The summed E-state index contributed by atoms with van der Waals surface area (Å²) in [5, 5.41) is 4.04. The highest BCUT2D eigenvalue weighted by Crippen LogP contribution is 2.54. The monoisotopic (exact) mass is 1140 g/mol. The van der Waals surface area contributed by atoms with Crippen molar-refractivity contribution in [2.45, 2.75) is 98.8 Å².